The second kappa shape index (κ2) is 8.18. The Morgan fingerprint density at radius 1 is 1.22 bits per heavy atom. The summed E-state index contributed by atoms with van der Waals surface area (Å²) < 4.78 is 1.31. The van der Waals surface area contributed by atoms with Crippen molar-refractivity contribution in [3.63, 3.8) is 0 Å². The summed E-state index contributed by atoms with van der Waals surface area (Å²) in [6.07, 6.45) is 1.70. The molecule has 2 aromatic rings. The number of aromatic nitrogens is 4. The number of aromatic amines is 1. The van der Waals surface area contributed by atoms with E-state index in [0.717, 1.165) is 32.6 Å². The van der Waals surface area contributed by atoms with Crippen molar-refractivity contribution in [2.45, 2.75) is 33.6 Å². The summed E-state index contributed by atoms with van der Waals surface area (Å²) in [4.78, 5) is 38.1. The molecule has 148 valence electrons. The van der Waals surface area contributed by atoms with Crippen LogP contribution in [0.2, 0.25) is 0 Å². The van der Waals surface area contributed by atoms with E-state index in [1.807, 2.05) is 6.92 Å². The van der Waals surface area contributed by atoms with Gasteiger partial charge in [-0.15, -0.1) is 0 Å². The molecule has 1 aliphatic heterocycles. The highest BCUT2D eigenvalue weighted by Crippen LogP contribution is 2.10. The van der Waals surface area contributed by atoms with Gasteiger partial charge in [-0.25, -0.2) is 4.98 Å². The van der Waals surface area contributed by atoms with E-state index in [-0.39, 0.29) is 23.2 Å². The Morgan fingerprint density at radius 3 is 2.74 bits per heavy atom. The number of hydrogen-bond donors (Lipinski definition) is 2. The number of rotatable bonds is 5. The third-order valence-corrected chi connectivity index (χ3v) is 4.84. The number of hydrogen-bond acceptors (Lipinski definition) is 6. The van der Waals surface area contributed by atoms with Crippen molar-refractivity contribution >= 4 is 17.6 Å². The largest absolute Gasteiger partial charge is 0.305 e. The van der Waals surface area contributed by atoms with Crippen LogP contribution in [-0.2, 0) is 11.2 Å². The Balaban J connectivity index is 1.72. The van der Waals surface area contributed by atoms with Gasteiger partial charge >= 0.3 is 0 Å². The van der Waals surface area contributed by atoms with Crippen LogP contribution in [0.4, 0.5) is 5.95 Å². The van der Waals surface area contributed by atoms with E-state index in [4.69, 9.17) is 0 Å². The van der Waals surface area contributed by atoms with Gasteiger partial charge in [0.15, 0.2) is 0 Å². The van der Waals surface area contributed by atoms with E-state index in [9.17, 15) is 9.59 Å². The molecular weight excluding hydrogens is 346 g/mol. The van der Waals surface area contributed by atoms with Crippen LogP contribution in [0.3, 0.4) is 0 Å². The Labute approximate surface area is 158 Å². The number of aryl methyl sites for hydroxylation is 1. The van der Waals surface area contributed by atoms with Crippen LogP contribution in [0, 0.1) is 12.8 Å². The first-order valence-corrected chi connectivity index (χ1v) is 9.52. The number of fused-ring (bicyclic) bond motifs is 1. The molecule has 1 amide bonds. The van der Waals surface area contributed by atoms with Gasteiger partial charge in [0.25, 0.3) is 11.3 Å². The number of carbonyl (C=O) groups excluding carboxylic acids is 1. The highest BCUT2D eigenvalue weighted by atomic mass is 16.2. The molecule has 3 rings (SSSR count). The summed E-state index contributed by atoms with van der Waals surface area (Å²) in [5, 5.41) is 5.62. The van der Waals surface area contributed by atoms with Crippen LogP contribution in [0.5, 0.6) is 0 Å². The molecule has 27 heavy (non-hydrogen) atoms. The van der Waals surface area contributed by atoms with Crippen molar-refractivity contribution in [1.29, 1.82) is 0 Å². The van der Waals surface area contributed by atoms with E-state index in [0.29, 0.717) is 30.1 Å². The molecule has 2 N–H and O–H groups in total. The number of anilines is 1. The van der Waals surface area contributed by atoms with Gasteiger partial charge in [-0.2, -0.15) is 9.50 Å². The maximum Gasteiger partial charge on any atom is 0.277 e. The van der Waals surface area contributed by atoms with Gasteiger partial charge < -0.3 is 4.90 Å². The van der Waals surface area contributed by atoms with Gasteiger partial charge in [0.05, 0.1) is 12.2 Å². The Bertz CT molecular complexity index is 870. The first kappa shape index (κ1) is 19.5. The number of nitrogens with zero attached hydrogens (tertiary/aromatic N) is 5. The Morgan fingerprint density at radius 2 is 2.00 bits per heavy atom. The molecule has 0 atom stereocenters. The molecule has 0 radical (unpaired) electrons. The number of carbonyl (C=O) groups is 1. The molecule has 0 bridgehead atoms. The van der Waals surface area contributed by atoms with E-state index in [1.165, 1.54) is 4.52 Å². The summed E-state index contributed by atoms with van der Waals surface area (Å²) in [5.41, 5.74) is 1.21. The van der Waals surface area contributed by atoms with Crippen molar-refractivity contribution in [2.24, 2.45) is 5.92 Å². The van der Waals surface area contributed by atoms with Crippen molar-refractivity contribution < 1.29 is 4.79 Å². The Hall–Kier alpha value is -2.26. The average Bonchev–Trinajstić information content (AvgIpc) is 2.86. The normalized spacial score (nSPS) is 16.8. The SMILES string of the molecule is Cc1nc2nc(NC(=O)CN3CCCN(C)CC3)[nH]n2c(=O)c1CC(C)C. The molecule has 0 saturated carbocycles. The van der Waals surface area contributed by atoms with Crippen LogP contribution < -0.4 is 10.9 Å². The molecule has 0 aromatic carbocycles. The zero-order valence-corrected chi connectivity index (χ0v) is 16.6. The predicted octanol–water partition coefficient (Wildman–Crippen LogP) is 0.501. The minimum atomic E-state index is -0.158. The zero-order chi connectivity index (χ0) is 19.6. The van der Waals surface area contributed by atoms with Crippen molar-refractivity contribution in [2.75, 3.05) is 45.1 Å². The fourth-order valence-corrected chi connectivity index (χ4v) is 3.39. The lowest BCUT2D eigenvalue weighted by Gasteiger charge is -2.18. The highest BCUT2D eigenvalue weighted by Gasteiger charge is 2.18. The summed E-state index contributed by atoms with van der Waals surface area (Å²) in [5.74, 6) is 0.728. The summed E-state index contributed by atoms with van der Waals surface area (Å²) in [7, 11) is 2.10. The molecule has 0 spiro atoms. The molecule has 1 fully saturated rings. The quantitative estimate of drug-likeness (QED) is 0.790. The van der Waals surface area contributed by atoms with Gasteiger partial charge in [-0.1, -0.05) is 13.8 Å². The minimum absolute atomic E-state index is 0.147. The molecule has 2 aromatic heterocycles. The van der Waals surface area contributed by atoms with Crippen LogP contribution in [0.25, 0.3) is 5.78 Å². The van der Waals surface area contributed by atoms with Gasteiger partial charge in [0.1, 0.15) is 0 Å². The second-order valence-electron chi connectivity index (χ2n) is 7.77. The van der Waals surface area contributed by atoms with Crippen LogP contribution in [0.15, 0.2) is 4.79 Å². The average molecular weight is 375 g/mol. The third kappa shape index (κ3) is 4.72. The molecule has 3 heterocycles. The lowest BCUT2D eigenvalue weighted by molar-refractivity contribution is -0.117. The number of likely N-dealkylation sites (N-methyl/N-ethyl adjacent to an activating group) is 1. The molecular formula is C18H29N7O2. The highest BCUT2D eigenvalue weighted by molar-refractivity contribution is 5.90. The number of amides is 1. The van der Waals surface area contributed by atoms with E-state index in [1.54, 1.807) is 0 Å². The van der Waals surface area contributed by atoms with Crippen LogP contribution >= 0.6 is 0 Å². The standard InChI is InChI=1S/C18H29N7O2/c1-12(2)10-14-13(3)19-18-21-17(22-25(18)16(14)27)20-15(26)11-24-7-5-6-23(4)8-9-24/h12H,5-11H2,1-4H3,(H2,19,20,21,22,26). The molecule has 1 aliphatic rings. The van der Waals surface area contributed by atoms with E-state index < -0.39 is 0 Å². The van der Waals surface area contributed by atoms with E-state index in [2.05, 4.69) is 51.1 Å². The van der Waals surface area contributed by atoms with Crippen molar-refractivity contribution in [3.8, 4) is 0 Å². The third-order valence-electron chi connectivity index (χ3n) is 4.84. The molecule has 0 unspecified atom stereocenters. The fourth-order valence-electron chi connectivity index (χ4n) is 3.39. The summed E-state index contributed by atoms with van der Waals surface area (Å²) >= 11 is 0. The molecule has 9 nitrogen and oxygen atoms in total. The number of nitrogens with one attached hydrogen (secondary N) is 2. The van der Waals surface area contributed by atoms with Crippen molar-refractivity contribution in [1.82, 2.24) is 29.4 Å². The van der Waals surface area contributed by atoms with Gasteiger partial charge in [0.2, 0.25) is 11.9 Å². The summed E-state index contributed by atoms with van der Waals surface area (Å²) in [6, 6.07) is 0. The lowest BCUT2D eigenvalue weighted by Crippen LogP contribution is -2.36. The van der Waals surface area contributed by atoms with Gasteiger partial charge in [-0.3, -0.25) is 24.9 Å². The zero-order valence-electron chi connectivity index (χ0n) is 16.6. The lowest BCUT2D eigenvalue weighted by atomic mass is 10.0. The molecule has 0 aliphatic carbocycles. The van der Waals surface area contributed by atoms with E-state index >= 15 is 0 Å². The first-order chi connectivity index (χ1) is 12.8. The smallest absolute Gasteiger partial charge is 0.277 e. The van der Waals surface area contributed by atoms with Gasteiger partial charge in [-0.05, 0) is 45.8 Å². The van der Waals surface area contributed by atoms with Crippen LogP contribution in [-0.4, -0.2) is 75.1 Å². The molecule has 1 saturated heterocycles. The topological polar surface area (TPSA) is 98.6 Å². The summed E-state index contributed by atoms with van der Waals surface area (Å²) in [6.45, 7) is 10.0. The molecule has 9 heteroatoms. The fraction of sp³-hybridized carbons (Fsp3) is 0.667. The minimum Gasteiger partial charge on any atom is -0.305 e. The van der Waals surface area contributed by atoms with Crippen LogP contribution in [0.1, 0.15) is 31.5 Å². The number of H-pyrrole nitrogens is 1. The van der Waals surface area contributed by atoms with Crippen molar-refractivity contribution in [3.05, 3.63) is 21.6 Å². The Kier molecular flexibility index (Phi) is 5.91. The maximum atomic E-state index is 12.7. The maximum absolute atomic E-state index is 12.7. The first-order valence-electron chi connectivity index (χ1n) is 9.52. The second-order valence-corrected chi connectivity index (χ2v) is 7.77. The van der Waals surface area contributed by atoms with Gasteiger partial charge in [0, 0.05) is 18.7 Å². The predicted molar refractivity (Wildman–Crippen MR) is 104 cm³/mol. The monoisotopic (exact) mass is 375 g/mol.